The van der Waals surface area contributed by atoms with Gasteiger partial charge in [0.05, 0.1) is 46.6 Å². The molecular weight excluding hydrogens is 651 g/mol. The number of carbonyl (C=O) groups excluding carboxylic acids is 1. The van der Waals surface area contributed by atoms with Crippen LogP contribution in [0.1, 0.15) is 43.5 Å². The molecule has 3 aromatic carbocycles. The quantitative estimate of drug-likeness (QED) is 0.200. The second kappa shape index (κ2) is 13.6. The van der Waals surface area contributed by atoms with Gasteiger partial charge in [-0.3, -0.25) is 9.36 Å². The molecule has 0 N–H and O–H groups in total. The van der Waals surface area contributed by atoms with Crippen molar-refractivity contribution < 1.29 is 28.1 Å². The summed E-state index contributed by atoms with van der Waals surface area (Å²) in [6.07, 6.45) is 1.76. The molecule has 0 unspecified atom stereocenters. The first-order valence-corrected chi connectivity index (χ1v) is 15.5. The summed E-state index contributed by atoms with van der Waals surface area (Å²) in [6.45, 7) is 6.18. The Kier molecular flexibility index (Phi) is 9.65. The van der Waals surface area contributed by atoms with Crippen LogP contribution in [-0.4, -0.2) is 30.9 Å². The van der Waals surface area contributed by atoms with Crippen LogP contribution in [0.5, 0.6) is 17.2 Å². The molecule has 1 aromatic heterocycles. The maximum absolute atomic E-state index is 14.0. The lowest BCUT2D eigenvalue weighted by atomic mass is 9.96. The van der Waals surface area contributed by atoms with Gasteiger partial charge in [0.1, 0.15) is 18.2 Å². The van der Waals surface area contributed by atoms with Crippen molar-refractivity contribution in [2.75, 3.05) is 20.3 Å². The Hall–Kier alpha value is -4.22. The molecule has 1 atom stereocenters. The van der Waals surface area contributed by atoms with Crippen molar-refractivity contribution in [2.24, 2.45) is 4.99 Å². The van der Waals surface area contributed by atoms with Crippen molar-refractivity contribution >= 4 is 39.3 Å². The van der Waals surface area contributed by atoms with Crippen LogP contribution in [0.3, 0.4) is 0 Å². The highest BCUT2D eigenvalue weighted by molar-refractivity contribution is 9.10. The fourth-order valence-corrected chi connectivity index (χ4v) is 6.46. The molecule has 0 saturated carbocycles. The molecule has 0 saturated heterocycles. The van der Waals surface area contributed by atoms with E-state index in [1.807, 2.05) is 25.1 Å². The Morgan fingerprint density at radius 3 is 2.45 bits per heavy atom. The summed E-state index contributed by atoms with van der Waals surface area (Å²) in [4.78, 5) is 32.3. The fourth-order valence-electron chi connectivity index (χ4n) is 4.85. The van der Waals surface area contributed by atoms with E-state index < -0.39 is 12.0 Å². The van der Waals surface area contributed by atoms with E-state index >= 15 is 0 Å². The first-order chi connectivity index (χ1) is 21.2. The third-order valence-corrected chi connectivity index (χ3v) is 8.48. The Labute approximate surface area is 265 Å². The summed E-state index contributed by atoms with van der Waals surface area (Å²) in [7, 11) is 1.57. The van der Waals surface area contributed by atoms with Crippen LogP contribution in [0.4, 0.5) is 4.39 Å². The van der Waals surface area contributed by atoms with Crippen LogP contribution in [0, 0.1) is 5.82 Å². The number of methoxy groups -OCH3 is 1. The first-order valence-electron chi connectivity index (χ1n) is 13.9. The number of hydrogen-bond donors (Lipinski definition) is 0. The molecule has 44 heavy (non-hydrogen) atoms. The van der Waals surface area contributed by atoms with Crippen LogP contribution >= 0.6 is 27.3 Å². The highest BCUT2D eigenvalue weighted by Gasteiger charge is 2.33. The Balaban J connectivity index is 1.56. The van der Waals surface area contributed by atoms with Crippen LogP contribution in [0.25, 0.3) is 6.08 Å². The van der Waals surface area contributed by atoms with Gasteiger partial charge in [0.15, 0.2) is 16.3 Å². The predicted octanol–water partition coefficient (Wildman–Crippen LogP) is 5.69. The molecule has 5 rings (SSSR count). The zero-order valence-electron chi connectivity index (χ0n) is 24.6. The zero-order valence-corrected chi connectivity index (χ0v) is 27.0. The lowest BCUT2D eigenvalue weighted by molar-refractivity contribution is -0.139. The van der Waals surface area contributed by atoms with Gasteiger partial charge in [-0.2, -0.15) is 0 Å². The van der Waals surface area contributed by atoms with Crippen molar-refractivity contribution in [1.82, 2.24) is 4.57 Å². The highest BCUT2D eigenvalue weighted by Crippen LogP contribution is 2.35. The number of thiazole rings is 1. The maximum Gasteiger partial charge on any atom is 0.338 e. The molecule has 0 bridgehead atoms. The van der Waals surface area contributed by atoms with E-state index in [1.165, 1.54) is 28.0 Å². The van der Waals surface area contributed by atoms with Crippen molar-refractivity contribution in [3.63, 3.8) is 0 Å². The molecule has 0 aliphatic carbocycles. The van der Waals surface area contributed by atoms with Gasteiger partial charge in [0.25, 0.3) is 5.56 Å². The number of nitrogens with zero attached hydrogens (tertiary/aromatic N) is 2. The first kappa shape index (κ1) is 31.2. The fraction of sp³-hybridized carbons (Fsp3) is 0.242. The molecule has 0 amide bonds. The van der Waals surface area contributed by atoms with Crippen molar-refractivity contribution in [3.05, 3.63) is 119 Å². The van der Waals surface area contributed by atoms with E-state index in [0.717, 1.165) is 11.1 Å². The number of allylic oxidation sites excluding steroid dienone is 1. The Morgan fingerprint density at radius 2 is 1.77 bits per heavy atom. The Morgan fingerprint density at radius 1 is 1.02 bits per heavy atom. The summed E-state index contributed by atoms with van der Waals surface area (Å²) in [5.41, 5.74) is 2.71. The van der Waals surface area contributed by atoms with Crippen LogP contribution in [-0.2, 0) is 16.1 Å². The molecule has 4 aromatic rings. The van der Waals surface area contributed by atoms with Gasteiger partial charge in [-0.05, 0) is 95.9 Å². The lowest BCUT2D eigenvalue weighted by Gasteiger charge is -2.25. The third kappa shape index (κ3) is 6.48. The smallest absolute Gasteiger partial charge is 0.338 e. The van der Waals surface area contributed by atoms with Gasteiger partial charge < -0.3 is 18.9 Å². The molecule has 1 aliphatic rings. The molecule has 0 spiro atoms. The number of carbonyl (C=O) groups is 1. The molecule has 2 heterocycles. The average molecular weight is 682 g/mol. The summed E-state index contributed by atoms with van der Waals surface area (Å²) >= 11 is 4.76. The topological polar surface area (TPSA) is 88.4 Å². The van der Waals surface area contributed by atoms with E-state index in [0.29, 0.717) is 54.5 Å². The predicted molar refractivity (Wildman–Crippen MR) is 169 cm³/mol. The molecule has 0 fully saturated rings. The minimum Gasteiger partial charge on any atom is -0.496 e. The van der Waals surface area contributed by atoms with Crippen LogP contribution in [0.15, 0.2) is 86.2 Å². The summed E-state index contributed by atoms with van der Waals surface area (Å²) in [5, 5.41) is 0. The summed E-state index contributed by atoms with van der Waals surface area (Å²) in [5.74, 6) is 0.813. The van der Waals surface area contributed by atoms with Crippen molar-refractivity contribution in [1.29, 1.82) is 0 Å². The minimum absolute atomic E-state index is 0.185. The number of rotatable bonds is 10. The van der Waals surface area contributed by atoms with Crippen LogP contribution < -0.4 is 29.1 Å². The molecule has 1 aliphatic heterocycles. The maximum atomic E-state index is 14.0. The van der Waals surface area contributed by atoms with E-state index in [1.54, 1.807) is 57.4 Å². The number of aromatic nitrogens is 1. The van der Waals surface area contributed by atoms with Gasteiger partial charge >= 0.3 is 5.97 Å². The normalized spacial score (nSPS) is 14.6. The molecule has 8 nitrogen and oxygen atoms in total. The molecule has 0 radical (unpaired) electrons. The number of esters is 1. The monoisotopic (exact) mass is 680 g/mol. The minimum atomic E-state index is -0.754. The van der Waals surface area contributed by atoms with Gasteiger partial charge in [0.2, 0.25) is 0 Å². The number of ether oxygens (including phenoxy) is 4. The van der Waals surface area contributed by atoms with E-state index in [9.17, 15) is 14.0 Å². The average Bonchev–Trinajstić information content (AvgIpc) is 3.30. The van der Waals surface area contributed by atoms with E-state index in [2.05, 4.69) is 20.9 Å². The van der Waals surface area contributed by atoms with Gasteiger partial charge in [-0.1, -0.05) is 35.6 Å². The number of fused-ring (bicyclic) bond motifs is 1. The number of benzene rings is 3. The molecule has 11 heteroatoms. The lowest BCUT2D eigenvalue weighted by Crippen LogP contribution is -2.39. The SMILES string of the molecule is CCOC(=O)C1=C(C)N=c2s/c(=C/c3ccc(OCc4ccc(F)cc4)c(OCC)c3)c(=O)n2[C@H]1c1ccc(OC)c(Br)c1. The van der Waals surface area contributed by atoms with E-state index in [-0.39, 0.29) is 24.6 Å². The zero-order chi connectivity index (χ0) is 31.4. The van der Waals surface area contributed by atoms with Gasteiger partial charge in [0, 0.05) is 0 Å². The second-order valence-electron chi connectivity index (χ2n) is 9.75. The van der Waals surface area contributed by atoms with Gasteiger partial charge in [-0.25, -0.2) is 14.2 Å². The largest absolute Gasteiger partial charge is 0.496 e. The number of hydrogen-bond acceptors (Lipinski definition) is 8. The third-order valence-electron chi connectivity index (χ3n) is 6.88. The summed E-state index contributed by atoms with van der Waals surface area (Å²) in [6, 6.07) is 16.2. The molecular formula is C33H30BrFN2O6S. The van der Waals surface area contributed by atoms with Crippen molar-refractivity contribution in [3.8, 4) is 17.2 Å². The van der Waals surface area contributed by atoms with E-state index in [4.69, 9.17) is 18.9 Å². The summed E-state index contributed by atoms with van der Waals surface area (Å²) < 4.78 is 38.5. The number of halogens is 2. The molecule has 228 valence electrons. The highest BCUT2D eigenvalue weighted by atomic mass is 79.9. The van der Waals surface area contributed by atoms with Crippen molar-refractivity contribution in [2.45, 2.75) is 33.4 Å². The van der Waals surface area contributed by atoms with Gasteiger partial charge in [-0.15, -0.1) is 0 Å². The van der Waals surface area contributed by atoms with Crippen LogP contribution in [0.2, 0.25) is 0 Å². The second-order valence-corrected chi connectivity index (χ2v) is 11.6. The Bertz CT molecular complexity index is 1920. The standard InChI is InChI=1S/C33H30BrFN2O6S/c1-5-41-27-15-21(9-13-26(27)43-18-20-7-11-23(35)12-8-20)16-28-31(38)37-30(22-10-14-25(40-4)24(34)17-22)29(32(39)42-6-2)19(3)36-33(37)44-28/h7-17,30H,5-6,18H2,1-4H3/b28-16+/t30-/m0/s1.